The summed E-state index contributed by atoms with van der Waals surface area (Å²) in [7, 11) is 0. The molecule has 2 aliphatic heterocycles. The number of nitrogens with zero attached hydrogens (tertiary/aromatic N) is 2. The highest BCUT2D eigenvalue weighted by molar-refractivity contribution is 5.91. The van der Waals surface area contributed by atoms with Crippen molar-refractivity contribution in [3.8, 4) is 0 Å². The maximum absolute atomic E-state index is 12.5. The van der Waals surface area contributed by atoms with Gasteiger partial charge in [0.05, 0.1) is 0 Å². The van der Waals surface area contributed by atoms with E-state index in [9.17, 15) is 9.59 Å². The average Bonchev–Trinajstić information content (AvgIpc) is 3.15. The van der Waals surface area contributed by atoms with Crippen molar-refractivity contribution in [2.24, 2.45) is 23.7 Å². The Kier molecular flexibility index (Phi) is 5.53. The lowest BCUT2D eigenvalue weighted by atomic mass is 9.96. The van der Waals surface area contributed by atoms with Crippen LogP contribution in [0.2, 0.25) is 0 Å². The fraction of sp³-hybridized carbons (Fsp3) is 0.571. The van der Waals surface area contributed by atoms with E-state index >= 15 is 0 Å². The molecule has 2 saturated heterocycles. The van der Waals surface area contributed by atoms with Gasteiger partial charge in [-0.15, -0.1) is 0 Å². The van der Waals surface area contributed by atoms with Crippen LogP contribution in [0.3, 0.4) is 0 Å². The first kappa shape index (κ1) is 18.2. The third-order valence-corrected chi connectivity index (χ3v) is 6.15. The van der Waals surface area contributed by atoms with Crippen molar-refractivity contribution >= 4 is 17.9 Å². The van der Waals surface area contributed by atoms with Crippen molar-refractivity contribution in [2.75, 3.05) is 32.8 Å². The zero-order valence-corrected chi connectivity index (χ0v) is 15.5. The highest BCUT2D eigenvalue weighted by atomic mass is 16.5. The summed E-state index contributed by atoms with van der Waals surface area (Å²) in [5.41, 5.74) is 0.912. The SMILES string of the molecule is O=C(/C=C/c1cccnc1)NCC1C2CN(C(=O)CC3CCOCC3)CC12. The molecular formula is C21H27N3O3. The molecule has 1 aliphatic carbocycles. The number of carbonyl (C=O) groups excluding carboxylic acids is 2. The van der Waals surface area contributed by atoms with E-state index in [0.29, 0.717) is 42.5 Å². The van der Waals surface area contributed by atoms with Gasteiger partial charge in [0.25, 0.3) is 0 Å². The third kappa shape index (κ3) is 4.56. The molecule has 0 aromatic carbocycles. The average molecular weight is 369 g/mol. The van der Waals surface area contributed by atoms with Gasteiger partial charge in [-0.25, -0.2) is 0 Å². The fourth-order valence-corrected chi connectivity index (χ4v) is 4.41. The molecule has 6 nitrogen and oxygen atoms in total. The van der Waals surface area contributed by atoms with Crippen LogP contribution in [0.15, 0.2) is 30.6 Å². The smallest absolute Gasteiger partial charge is 0.244 e. The van der Waals surface area contributed by atoms with Crippen LogP contribution in [-0.4, -0.2) is 54.5 Å². The van der Waals surface area contributed by atoms with Crippen molar-refractivity contribution in [1.82, 2.24) is 15.2 Å². The fourth-order valence-electron chi connectivity index (χ4n) is 4.41. The highest BCUT2D eigenvalue weighted by Gasteiger charge is 2.56. The van der Waals surface area contributed by atoms with Gasteiger partial charge in [-0.2, -0.15) is 0 Å². The molecule has 0 bridgehead atoms. The van der Waals surface area contributed by atoms with Crippen LogP contribution >= 0.6 is 0 Å². The Morgan fingerprint density at radius 1 is 1.26 bits per heavy atom. The Morgan fingerprint density at radius 3 is 2.74 bits per heavy atom. The summed E-state index contributed by atoms with van der Waals surface area (Å²) in [6.07, 6.45) is 9.44. The summed E-state index contributed by atoms with van der Waals surface area (Å²) in [5, 5.41) is 2.99. The number of rotatable bonds is 6. The maximum atomic E-state index is 12.5. The van der Waals surface area contributed by atoms with Crippen LogP contribution in [-0.2, 0) is 14.3 Å². The van der Waals surface area contributed by atoms with Crippen molar-refractivity contribution < 1.29 is 14.3 Å². The standard InChI is InChI=1S/C21H27N3O3/c25-20(4-3-16-2-1-7-22-11-16)23-12-17-18-13-24(14-19(17)18)21(26)10-15-5-8-27-9-6-15/h1-4,7,11,15,17-19H,5-6,8-10,12-14H2,(H,23,25)/b4-3+. The topological polar surface area (TPSA) is 71.5 Å². The molecule has 1 aromatic rings. The van der Waals surface area contributed by atoms with Gasteiger partial charge in [0, 0.05) is 57.7 Å². The molecule has 1 aromatic heterocycles. The number of likely N-dealkylation sites (tertiary alicyclic amines) is 1. The molecule has 3 fully saturated rings. The minimum atomic E-state index is -0.0729. The van der Waals surface area contributed by atoms with E-state index in [4.69, 9.17) is 4.74 Å². The minimum Gasteiger partial charge on any atom is -0.381 e. The number of fused-ring (bicyclic) bond motifs is 1. The van der Waals surface area contributed by atoms with E-state index in [1.165, 1.54) is 0 Å². The Hall–Kier alpha value is -2.21. The molecule has 2 unspecified atom stereocenters. The molecule has 144 valence electrons. The van der Waals surface area contributed by atoms with E-state index in [1.54, 1.807) is 24.5 Å². The number of hydrogen-bond acceptors (Lipinski definition) is 4. The van der Waals surface area contributed by atoms with E-state index < -0.39 is 0 Å². The normalized spacial score (nSPS) is 27.6. The van der Waals surface area contributed by atoms with Crippen molar-refractivity contribution in [3.05, 3.63) is 36.2 Å². The largest absolute Gasteiger partial charge is 0.381 e. The van der Waals surface area contributed by atoms with Crippen molar-refractivity contribution in [2.45, 2.75) is 19.3 Å². The monoisotopic (exact) mass is 369 g/mol. The minimum absolute atomic E-state index is 0.0729. The summed E-state index contributed by atoms with van der Waals surface area (Å²) in [6, 6.07) is 3.76. The summed E-state index contributed by atoms with van der Waals surface area (Å²) >= 11 is 0. The highest BCUT2D eigenvalue weighted by Crippen LogP contribution is 2.51. The molecule has 2 atom stereocenters. The number of hydrogen-bond donors (Lipinski definition) is 1. The van der Waals surface area contributed by atoms with Crippen LogP contribution in [0.4, 0.5) is 0 Å². The van der Waals surface area contributed by atoms with Gasteiger partial charge in [-0.1, -0.05) is 6.07 Å². The zero-order chi connectivity index (χ0) is 18.6. The van der Waals surface area contributed by atoms with E-state index in [0.717, 1.165) is 44.7 Å². The molecule has 0 spiro atoms. The molecule has 1 N–H and O–H groups in total. The van der Waals surface area contributed by atoms with Crippen LogP contribution in [0.1, 0.15) is 24.8 Å². The van der Waals surface area contributed by atoms with E-state index in [-0.39, 0.29) is 5.91 Å². The first-order valence-electron chi connectivity index (χ1n) is 9.92. The molecule has 27 heavy (non-hydrogen) atoms. The van der Waals surface area contributed by atoms with Gasteiger partial charge in [0.15, 0.2) is 0 Å². The Balaban J connectivity index is 1.15. The molecule has 3 heterocycles. The second kappa shape index (κ2) is 8.21. The zero-order valence-electron chi connectivity index (χ0n) is 15.5. The molecule has 3 aliphatic rings. The van der Waals surface area contributed by atoms with Gasteiger partial charge in [-0.3, -0.25) is 14.6 Å². The molecule has 6 heteroatoms. The first-order valence-corrected chi connectivity index (χ1v) is 9.92. The van der Waals surface area contributed by atoms with Gasteiger partial charge in [0.2, 0.25) is 11.8 Å². The number of pyridine rings is 1. The number of nitrogens with one attached hydrogen (secondary N) is 1. The molecular weight excluding hydrogens is 342 g/mol. The second-order valence-corrected chi connectivity index (χ2v) is 7.92. The predicted molar refractivity (Wildman–Crippen MR) is 101 cm³/mol. The number of amides is 2. The molecule has 0 radical (unpaired) electrons. The lowest BCUT2D eigenvalue weighted by Gasteiger charge is -2.25. The Morgan fingerprint density at radius 2 is 2.04 bits per heavy atom. The van der Waals surface area contributed by atoms with Gasteiger partial charge < -0.3 is 15.0 Å². The molecule has 1 saturated carbocycles. The van der Waals surface area contributed by atoms with Gasteiger partial charge >= 0.3 is 0 Å². The number of ether oxygens (including phenoxy) is 1. The quantitative estimate of drug-likeness (QED) is 0.776. The van der Waals surface area contributed by atoms with Crippen LogP contribution < -0.4 is 5.32 Å². The second-order valence-electron chi connectivity index (χ2n) is 7.92. The van der Waals surface area contributed by atoms with Crippen LogP contribution in [0.5, 0.6) is 0 Å². The summed E-state index contributed by atoms with van der Waals surface area (Å²) < 4.78 is 5.37. The van der Waals surface area contributed by atoms with E-state index in [1.807, 2.05) is 17.0 Å². The lowest BCUT2D eigenvalue weighted by Crippen LogP contribution is -2.35. The molecule has 4 rings (SSSR count). The van der Waals surface area contributed by atoms with Gasteiger partial charge in [0.1, 0.15) is 0 Å². The first-order chi connectivity index (χ1) is 13.2. The molecule has 2 amide bonds. The van der Waals surface area contributed by atoms with Gasteiger partial charge in [-0.05, 0) is 54.2 Å². The maximum Gasteiger partial charge on any atom is 0.244 e. The number of piperidine rings is 1. The number of aromatic nitrogens is 1. The summed E-state index contributed by atoms with van der Waals surface area (Å²) in [6.45, 7) is 4.01. The van der Waals surface area contributed by atoms with Crippen molar-refractivity contribution in [3.63, 3.8) is 0 Å². The summed E-state index contributed by atoms with van der Waals surface area (Å²) in [4.78, 5) is 30.5. The predicted octanol–water partition coefficient (Wildman–Crippen LogP) is 1.73. The third-order valence-electron chi connectivity index (χ3n) is 6.15. The Labute approximate surface area is 160 Å². The lowest BCUT2D eigenvalue weighted by molar-refractivity contribution is -0.132. The number of carbonyl (C=O) groups is 2. The van der Waals surface area contributed by atoms with Crippen LogP contribution in [0.25, 0.3) is 6.08 Å². The van der Waals surface area contributed by atoms with Crippen LogP contribution in [0, 0.1) is 23.7 Å². The van der Waals surface area contributed by atoms with E-state index in [2.05, 4.69) is 10.3 Å². The van der Waals surface area contributed by atoms with Crippen molar-refractivity contribution in [1.29, 1.82) is 0 Å². The Bertz CT molecular complexity index is 688. The summed E-state index contributed by atoms with van der Waals surface area (Å²) in [5.74, 6) is 2.36.